The average molecular weight is 462 g/mol. The maximum Gasteiger partial charge on any atom is 0.325 e. The van der Waals surface area contributed by atoms with Gasteiger partial charge in [0.15, 0.2) is 17.7 Å². The Hall–Kier alpha value is -3.66. The maximum absolute atomic E-state index is 12.2. The molecule has 1 saturated heterocycles. The van der Waals surface area contributed by atoms with Crippen LogP contribution in [0.5, 0.6) is 0 Å². The fraction of sp³-hybridized carbons (Fsp3) is 0.444. The Bertz CT molecular complexity index is 1180. The van der Waals surface area contributed by atoms with Gasteiger partial charge < -0.3 is 35.8 Å². The number of rotatable bonds is 7. The molecule has 0 bridgehead atoms. The van der Waals surface area contributed by atoms with E-state index in [9.17, 15) is 24.9 Å². The second-order valence-electron chi connectivity index (χ2n) is 7.12. The van der Waals surface area contributed by atoms with Gasteiger partial charge >= 0.3 is 5.97 Å². The van der Waals surface area contributed by atoms with E-state index >= 15 is 0 Å². The number of aliphatic hydroxyl groups excluding tert-OH is 3. The van der Waals surface area contributed by atoms with Gasteiger partial charge in [-0.05, 0) is 6.92 Å². The molecule has 0 radical (unpaired) electrons. The van der Waals surface area contributed by atoms with E-state index in [1.807, 2.05) is 0 Å². The van der Waals surface area contributed by atoms with Crippen molar-refractivity contribution in [2.24, 2.45) is 0 Å². The summed E-state index contributed by atoms with van der Waals surface area (Å²) in [5.74, 6) is -1.12. The van der Waals surface area contributed by atoms with Crippen LogP contribution >= 0.6 is 0 Å². The summed E-state index contributed by atoms with van der Waals surface area (Å²) in [6.45, 7) is 1.08. The summed E-state index contributed by atoms with van der Waals surface area (Å²) in [4.78, 5) is 36.3. The maximum atomic E-state index is 12.2. The van der Waals surface area contributed by atoms with Crippen molar-refractivity contribution in [3.8, 4) is 5.95 Å². The standard InChI is InChI=1S/C18H22N8O7/c1-2-32-10(28)4-20-16(31)8-3-22-26(5-8)18-23-14(19)11-15(24-18)25(7-21-11)17-13(30)12(29)9(6-27)33-17/h3,5,7,9,12-13,17,27,29-30H,2,4,6H2,1H3,(H,20,31)(H2,19,23,24)/t9-,12-,13-,17?/m1/s1. The number of carbonyl (C=O) groups is 2. The summed E-state index contributed by atoms with van der Waals surface area (Å²) in [6.07, 6.45) is -0.801. The third-order valence-electron chi connectivity index (χ3n) is 4.98. The lowest BCUT2D eigenvalue weighted by atomic mass is 10.1. The fourth-order valence-electron chi connectivity index (χ4n) is 3.34. The lowest BCUT2D eigenvalue weighted by molar-refractivity contribution is -0.141. The molecule has 1 aliphatic rings. The third-order valence-corrected chi connectivity index (χ3v) is 4.98. The molecule has 1 unspecified atom stereocenters. The second kappa shape index (κ2) is 9.07. The first-order valence-corrected chi connectivity index (χ1v) is 9.95. The molecular formula is C18H22N8O7. The molecular weight excluding hydrogens is 440 g/mol. The summed E-state index contributed by atoms with van der Waals surface area (Å²) in [5, 5.41) is 36.2. The van der Waals surface area contributed by atoms with Crippen LogP contribution in [0.4, 0.5) is 5.82 Å². The zero-order chi connectivity index (χ0) is 23.7. The molecule has 4 heterocycles. The predicted octanol–water partition coefficient (Wildman–Crippen LogP) is -2.50. The normalized spacial score (nSPS) is 22.5. The molecule has 3 aromatic rings. The molecule has 176 valence electrons. The summed E-state index contributed by atoms with van der Waals surface area (Å²) >= 11 is 0. The van der Waals surface area contributed by atoms with E-state index in [0.717, 1.165) is 0 Å². The highest BCUT2D eigenvalue weighted by Crippen LogP contribution is 2.32. The van der Waals surface area contributed by atoms with E-state index in [1.165, 1.54) is 28.0 Å². The Morgan fingerprint density at radius 2 is 2.09 bits per heavy atom. The lowest BCUT2D eigenvalue weighted by Gasteiger charge is -2.16. The van der Waals surface area contributed by atoms with Crippen molar-refractivity contribution < 1.29 is 34.4 Å². The zero-order valence-electron chi connectivity index (χ0n) is 17.4. The van der Waals surface area contributed by atoms with Gasteiger partial charge in [0.1, 0.15) is 30.4 Å². The first kappa shape index (κ1) is 22.5. The number of nitrogens with one attached hydrogen (secondary N) is 1. The van der Waals surface area contributed by atoms with Gasteiger partial charge in [-0.2, -0.15) is 15.1 Å². The minimum absolute atomic E-state index is 0.00191. The quantitative estimate of drug-likeness (QED) is 0.230. The molecule has 4 rings (SSSR count). The van der Waals surface area contributed by atoms with E-state index in [2.05, 4.69) is 25.4 Å². The molecule has 3 aromatic heterocycles. The number of carbonyl (C=O) groups excluding carboxylic acids is 2. The molecule has 1 fully saturated rings. The summed E-state index contributed by atoms with van der Waals surface area (Å²) in [6, 6.07) is 0. The number of aliphatic hydroxyl groups is 3. The van der Waals surface area contributed by atoms with Crippen LogP contribution in [0, 0.1) is 0 Å². The number of nitrogen functional groups attached to an aromatic ring is 1. The van der Waals surface area contributed by atoms with Gasteiger partial charge in [0.05, 0.1) is 31.3 Å². The number of hydrogen-bond acceptors (Lipinski definition) is 12. The molecule has 0 aromatic carbocycles. The van der Waals surface area contributed by atoms with Crippen molar-refractivity contribution in [3.05, 3.63) is 24.3 Å². The first-order chi connectivity index (χ1) is 15.8. The molecule has 15 nitrogen and oxygen atoms in total. The smallest absolute Gasteiger partial charge is 0.325 e. The third kappa shape index (κ3) is 4.21. The van der Waals surface area contributed by atoms with Crippen molar-refractivity contribution in [2.45, 2.75) is 31.5 Å². The van der Waals surface area contributed by atoms with Crippen LogP contribution in [-0.2, 0) is 14.3 Å². The molecule has 0 spiro atoms. The summed E-state index contributed by atoms with van der Waals surface area (Å²) < 4.78 is 12.8. The number of aromatic nitrogens is 6. The van der Waals surface area contributed by atoms with E-state index in [-0.39, 0.29) is 41.6 Å². The van der Waals surface area contributed by atoms with Crippen molar-refractivity contribution in [3.63, 3.8) is 0 Å². The van der Waals surface area contributed by atoms with Crippen LogP contribution in [0.25, 0.3) is 17.1 Å². The number of amides is 1. The topological polar surface area (TPSA) is 213 Å². The Balaban J connectivity index is 1.60. The monoisotopic (exact) mass is 462 g/mol. The molecule has 33 heavy (non-hydrogen) atoms. The Morgan fingerprint density at radius 3 is 2.79 bits per heavy atom. The molecule has 0 saturated carbocycles. The van der Waals surface area contributed by atoms with E-state index in [0.29, 0.717) is 0 Å². The number of ether oxygens (including phenoxy) is 2. The van der Waals surface area contributed by atoms with Crippen molar-refractivity contribution in [2.75, 3.05) is 25.5 Å². The van der Waals surface area contributed by atoms with Crippen LogP contribution < -0.4 is 11.1 Å². The largest absolute Gasteiger partial charge is 0.465 e. The average Bonchev–Trinajstić information content (AvgIpc) is 3.51. The Morgan fingerprint density at radius 1 is 1.30 bits per heavy atom. The van der Waals surface area contributed by atoms with Gasteiger partial charge in [-0.25, -0.2) is 9.67 Å². The number of imidazole rings is 1. The highest BCUT2D eigenvalue weighted by atomic mass is 16.6. The molecule has 15 heteroatoms. The van der Waals surface area contributed by atoms with Gasteiger partial charge in [-0.1, -0.05) is 0 Å². The lowest BCUT2D eigenvalue weighted by Crippen LogP contribution is -2.33. The van der Waals surface area contributed by atoms with Crippen LogP contribution in [0.2, 0.25) is 0 Å². The minimum Gasteiger partial charge on any atom is -0.465 e. The SMILES string of the molecule is CCOC(=O)CNC(=O)c1cnn(-c2nc(N)c3ncn(C4O[C@H](CO)[C@@H](O)[C@H]4O)c3n2)c1. The number of anilines is 1. The second-order valence-corrected chi connectivity index (χ2v) is 7.12. The van der Waals surface area contributed by atoms with Crippen molar-refractivity contribution >= 4 is 28.9 Å². The molecule has 1 amide bonds. The van der Waals surface area contributed by atoms with Gasteiger partial charge in [-0.3, -0.25) is 14.2 Å². The van der Waals surface area contributed by atoms with Gasteiger partial charge in [-0.15, -0.1) is 0 Å². The number of nitrogens with two attached hydrogens (primary N) is 1. The van der Waals surface area contributed by atoms with E-state index in [4.69, 9.17) is 15.2 Å². The number of nitrogens with zero attached hydrogens (tertiary/aromatic N) is 6. The van der Waals surface area contributed by atoms with Gasteiger partial charge in [0.2, 0.25) is 0 Å². The summed E-state index contributed by atoms with van der Waals surface area (Å²) in [7, 11) is 0. The van der Waals surface area contributed by atoms with Gasteiger partial charge in [0.25, 0.3) is 11.9 Å². The Kier molecular flexibility index (Phi) is 6.19. The first-order valence-electron chi connectivity index (χ1n) is 9.95. The zero-order valence-corrected chi connectivity index (χ0v) is 17.4. The highest BCUT2D eigenvalue weighted by molar-refractivity contribution is 5.95. The van der Waals surface area contributed by atoms with Crippen LogP contribution in [0.1, 0.15) is 23.5 Å². The van der Waals surface area contributed by atoms with Crippen LogP contribution in [0.15, 0.2) is 18.7 Å². The molecule has 4 atom stereocenters. The van der Waals surface area contributed by atoms with Crippen molar-refractivity contribution in [1.82, 2.24) is 34.6 Å². The van der Waals surface area contributed by atoms with E-state index in [1.54, 1.807) is 6.92 Å². The molecule has 0 aliphatic carbocycles. The molecule has 6 N–H and O–H groups in total. The number of fused-ring (bicyclic) bond motifs is 1. The van der Waals surface area contributed by atoms with E-state index < -0.39 is 43.0 Å². The summed E-state index contributed by atoms with van der Waals surface area (Å²) in [5.41, 5.74) is 6.54. The van der Waals surface area contributed by atoms with Crippen molar-refractivity contribution in [1.29, 1.82) is 0 Å². The predicted molar refractivity (Wildman–Crippen MR) is 109 cm³/mol. The number of hydrogen-bond donors (Lipinski definition) is 5. The molecule has 1 aliphatic heterocycles. The minimum atomic E-state index is -1.35. The van der Waals surface area contributed by atoms with Crippen LogP contribution in [-0.4, -0.2) is 94.6 Å². The van der Waals surface area contributed by atoms with Gasteiger partial charge in [0, 0.05) is 6.20 Å². The fourth-order valence-corrected chi connectivity index (χ4v) is 3.34. The number of esters is 1. The van der Waals surface area contributed by atoms with Crippen LogP contribution in [0.3, 0.4) is 0 Å². The highest BCUT2D eigenvalue weighted by Gasteiger charge is 2.44. The Labute approximate surface area is 185 Å².